The molecule has 0 saturated carbocycles. The van der Waals surface area contributed by atoms with Gasteiger partial charge >= 0.3 is 0 Å². The SMILES string of the molecule is C=CCN(CC=C)c1cccc([C]=O)c1N(CC=C)CC=C. The van der Waals surface area contributed by atoms with E-state index in [1.54, 1.807) is 18.2 Å². The second kappa shape index (κ2) is 9.40. The van der Waals surface area contributed by atoms with Gasteiger partial charge in [0.25, 0.3) is 0 Å². The van der Waals surface area contributed by atoms with Crippen molar-refractivity contribution in [3.05, 3.63) is 74.4 Å². The van der Waals surface area contributed by atoms with Crippen LogP contribution in [0.4, 0.5) is 11.4 Å². The summed E-state index contributed by atoms with van der Waals surface area (Å²) in [5.41, 5.74) is 2.31. The van der Waals surface area contributed by atoms with Gasteiger partial charge in [0.05, 0.1) is 16.9 Å². The summed E-state index contributed by atoms with van der Waals surface area (Å²) in [5, 5.41) is 0. The van der Waals surface area contributed by atoms with E-state index in [0.29, 0.717) is 31.7 Å². The van der Waals surface area contributed by atoms with E-state index in [2.05, 4.69) is 36.1 Å². The number of benzene rings is 1. The molecule has 1 aromatic carbocycles. The predicted octanol–water partition coefficient (Wildman–Crippen LogP) is 3.50. The minimum absolute atomic E-state index is 0.527. The molecular formula is C19H23N2O. The van der Waals surface area contributed by atoms with Gasteiger partial charge in [-0.3, -0.25) is 4.79 Å². The van der Waals surface area contributed by atoms with E-state index in [1.807, 2.05) is 30.6 Å². The number of carbonyl (C=O) groups excluding carboxylic acids is 1. The first-order valence-electron chi connectivity index (χ1n) is 7.18. The first kappa shape index (κ1) is 17.5. The Labute approximate surface area is 133 Å². The normalized spacial score (nSPS) is 9.64. The third-order valence-corrected chi connectivity index (χ3v) is 3.18. The van der Waals surface area contributed by atoms with Crippen LogP contribution in [0.2, 0.25) is 0 Å². The van der Waals surface area contributed by atoms with Gasteiger partial charge in [-0.1, -0.05) is 30.4 Å². The van der Waals surface area contributed by atoms with Gasteiger partial charge < -0.3 is 9.80 Å². The molecular weight excluding hydrogens is 272 g/mol. The highest BCUT2D eigenvalue weighted by molar-refractivity contribution is 5.91. The van der Waals surface area contributed by atoms with Crippen LogP contribution in [0.3, 0.4) is 0 Å². The lowest BCUT2D eigenvalue weighted by atomic mass is 10.1. The molecule has 0 atom stereocenters. The van der Waals surface area contributed by atoms with E-state index in [9.17, 15) is 4.79 Å². The van der Waals surface area contributed by atoms with Crippen LogP contribution in [0.15, 0.2) is 68.8 Å². The second-order valence-corrected chi connectivity index (χ2v) is 4.74. The van der Waals surface area contributed by atoms with Crippen molar-refractivity contribution < 1.29 is 4.79 Å². The van der Waals surface area contributed by atoms with Crippen LogP contribution in [-0.4, -0.2) is 32.5 Å². The summed E-state index contributed by atoms with van der Waals surface area (Å²) in [6.45, 7) is 17.7. The highest BCUT2D eigenvalue weighted by atomic mass is 16.1. The zero-order valence-electron chi connectivity index (χ0n) is 13.0. The Morgan fingerprint density at radius 1 is 0.864 bits per heavy atom. The van der Waals surface area contributed by atoms with Gasteiger partial charge in [0.15, 0.2) is 0 Å². The topological polar surface area (TPSA) is 23.6 Å². The van der Waals surface area contributed by atoms with E-state index >= 15 is 0 Å². The largest absolute Gasteiger partial charge is 0.362 e. The lowest BCUT2D eigenvalue weighted by molar-refractivity contribution is 0.562. The van der Waals surface area contributed by atoms with Crippen LogP contribution in [0, 0.1) is 0 Å². The molecule has 22 heavy (non-hydrogen) atoms. The zero-order valence-corrected chi connectivity index (χ0v) is 13.0. The number of rotatable bonds is 11. The first-order valence-corrected chi connectivity index (χ1v) is 7.18. The maximum absolute atomic E-state index is 11.4. The summed E-state index contributed by atoms with van der Waals surface area (Å²) in [6, 6.07) is 5.62. The molecule has 0 amide bonds. The minimum atomic E-state index is 0.527. The Bertz CT molecular complexity index is 528. The molecule has 0 aliphatic rings. The number of para-hydroxylation sites is 1. The quantitative estimate of drug-likeness (QED) is 0.584. The van der Waals surface area contributed by atoms with Crippen LogP contribution in [0.25, 0.3) is 0 Å². The van der Waals surface area contributed by atoms with Crippen LogP contribution in [0.5, 0.6) is 0 Å². The lowest BCUT2D eigenvalue weighted by Gasteiger charge is -2.31. The van der Waals surface area contributed by atoms with Gasteiger partial charge in [-0.2, -0.15) is 0 Å². The molecule has 0 saturated heterocycles. The molecule has 0 bridgehead atoms. The monoisotopic (exact) mass is 295 g/mol. The molecule has 0 fully saturated rings. The Morgan fingerprint density at radius 2 is 1.36 bits per heavy atom. The van der Waals surface area contributed by atoms with Gasteiger partial charge in [0.2, 0.25) is 6.29 Å². The van der Waals surface area contributed by atoms with Gasteiger partial charge in [0, 0.05) is 26.2 Å². The van der Waals surface area contributed by atoms with Gasteiger partial charge in [-0.15, -0.1) is 26.3 Å². The van der Waals surface area contributed by atoms with Crippen LogP contribution in [-0.2, 0) is 4.79 Å². The Kier molecular flexibility index (Phi) is 7.48. The van der Waals surface area contributed by atoms with E-state index in [4.69, 9.17) is 0 Å². The van der Waals surface area contributed by atoms with Gasteiger partial charge in [-0.25, -0.2) is 0 Å². The fraction of sp³-hybridized carbons (Fsp3) is 0.211. The van der Waals surface area contributed by atoms with Crippen LogP contribution >= 0.6 is 0 Å². The second-order valence-electron chi connectivity index (χ2n) is 4.74. The highest BCUT2D eigenvalue weighted by Gasteiger charge is 2.18. The number of anilines is 2. The molecule has 0 aromatic heterocycles. The van der Waals surface area contributed by atoms with Gasteiger partial charge in [0.1, 0.15) is 0 Å². The zero-order chi connectivity index (χ0) is 16.4. The fourth-order valence-electron chi connectivity index (χ4n) is 2.35. The highest BCUT2D eigenvalue weighted by Crippen LogP contribution is 2.32. The molecule has 0 heterocycles. The molecule has 0 unspecified atom stereocenters. The fourth-order valence-corrected chi connectivity index (χ4v) is 2.35. The molecule has 3 nitrogen and oxygen atoms in total. The van der Waals surface area contributed by atoms with E-state index in [0.717, 1.165) is 11.4 Å². The van der Waals surface area contributed by atoms with E-state index < -0.39 is 0 Å². The third-order valence-electron chi connectivity index (χ3n) is 3.18. The van der Waals surface area contributed by atoms with Crippen molar-refractivity contribution in [2.24, 2.45) is 0 Å². The van der Waals surface area contributed by atoms with E-state index in [-0.39, 0.29) is 0 Å². The van der Waals surface area contributed by atoms with Crippen molar-refractivity contribution in [2.75, 3.05) is 36.0 Å². The summed E-state index contributed by atoms with van der Waals surface area (Å²) in [4.78, 5) is 15.5. The van der Waals surface area contributed by atoms with Crippen molar-refractivity contribution in [1.29, 1.82) is 0 Å². The summed E-state index contributed by atoms with van der Waals surface area (Å²) in [7, 11) is 0. The molecule has 1 aromatic rings. The predicted molar refractivity (Wildman–Crippen MR) is 96.5 cm³/mol. The molecule has 0 aliphatic heterocycles. The van der Waals surface area contributed by atoms with Crippen molar-refractivity contribution in [3.63, 3.8) is 0 Å². The maximum atomic E-state index is 11.4. The van der Waals surface area contributed by atoms with Crippen molar-refractivity contribution in [1.82, 2.24) is 0 Å². The minimum Gasteiger partial charge on any atom is -0.362 e. The number of hydrogen-bond donors (Lipinski definition) is 0. The molecule has 115 valence electrons. The lowest BCUT2D eigenvalue weighted by Crippen LogP contribution is -2.30. The molecule has 0 aliphatic carbocycles. The average molecular weight is 295 g/mol. The molecule has 0 N–H and O–H groups in total. The molecule has 1 rings (SSSR count). The molecule has 0 spiro atoms. The summed E-state index contributed by atoms with van der Waals surface area (Å²) >= 11 is 0. The standard InChI is InChI=1S/C19H23N2O/c1-5-12-20(13-6-2)18-11-9-10-17(16-22)19(18)21(14-7-3)15-8-4/h5-11H,1-4,12-15H2. The van der Waals surface area contributed by atoms with Crippen molar-refractivity contribution >= 4 is 17.7 Å². The number of hydrogen-bond acceptors (Lipinski definition) is 3. The molecule has 1 radical (unpaired) electrons. The third kappa shape index (κ3) is 4.22. The first-order chi connectivity index (χ1) is 10.7. The Balaban J connectivity index is 3.44. The van der Waals surface area contributed by atoms with Gasteiger partial charge in [-0.05, 0) is 12.1 Å². The maximum Gasteiger partial charge on any atom is 0.235 e. The van der Waals surface area contributed by atoms with Crippen LogP contribution < -0.4 is 9.80 Å². The van der Waals surface area contributed by atoms with E-state index in [1.165, 1.54) is 0 Å². The van der Waals surface area contributed by atoms with Crippen molar-refractivity contribution in [3.8, 4) is 0 Å². The van der Waals surface area contributed by atoms with Crippen molar-refractivity contribution in [2.45, 2.75) is 0 Å². The molecule has 3 heteroatoms. The van der Waals surface area contributed by atoms with Crippen LogP contribution in [0.1, 0.15) is 5.56 Å². The number of nitrogens with zero attached hydrogens (tertiary/aromatic N) is 2. The summed E-state index contributed by atoms with van der Waals surface area (Å²) in [6.07, 6.45) is 9.30. The Hall–Kier alpha value is -2.55. The average Bonchev–Trinajstić information content (AvgIpc) is 2.53. The Morgan fingerprint density at radius 3 is 1.82 bits per heavy atom. The summed E-state index contributed by atoms with van der Waals surface area (Å²) in [5.74, 6) is 0. The smallest absolute Gasteiger partial charge is 0.235 e. The summed E-state index contributed by atoms with van der Waals surface area (Å²) < 4.78 is 0.